The maximum Gasteiger partial charge on any atom is 0.328 e. The second-order valence-corrected chi connectivity index (χ2v) is 9.73. The third-order valence-electron chi connectivity index (χ3n) is 8.10. The number of hydrogen-bond acceptors (Lipinski definition) is 1. The molecule has 6 rings (SSSR count). The van der Waals surface area contributed by atoms with Crippen LogP contribution in [0.1, 0.15) is 51.0 Å². The maximum atomic E-state index is 12.1. The van der Waals surface area contributed by atoms with Gasteiger partial charge in [0.25, 0.3) is 0 Å². The lowest BCUT2D eigenvalue weighted by Gasteiger charge is -2.57. The Morgan fingerprint density at radius 1 is 1.04 bits per heavy atom. The van der Waals surface area contributed by atoms with Crippen molar-refractivity contribution < 1.29 is 5.32 Å². The highest BCUT2D eigenvalue weighted by Gasteiger charge is 2.54. The SMILES string of the molecule is C[C@@H]([NH2+]Cc1ccc2c(c1)n(C)c(=O)n2C)C12CC3CC(CC(C3)C1)C2. The zero-order valence-corrected chi connectivity index (χ0v) is 16.4. The molecule has 4 bridgehead atoms. The first kappa shape index (κ1) is 16.6. The van der Waals surface area contributed by atoms with Gasteiger partial charge >= 0.3 is 5.69 Å². The highest BCUT2D eigenvalue weighted by atomic mass is 16.1. The summed E-state index contributed by atoms with van der Waals surface area (Å²) >= 11 is 0. The summed E-state index contributed by atoms with van der Waals surface area (Å²) in [6.45, 7) is 3.49. The van der Waals surface area contributed by atoms with E-state index in [-0.39, 0.29) is 5.69 Å². The van der Waals surface area contributed by atoms with Crippen LogP contribution in [0.15, 0.2) is 23.0 Å². The summed E-state index contributed by atoms with van der Waals surface area (Å²) in [5.41, 5.74) is 4.05. The van der Waals surface area contributed by atoms with Crippen molar-refractivity contribution in [2.45, 2.75) is 58.0 Å². The number of hydrogen-bond donors (Lipinski definition) is 1. The van der Waals surface area contributed by atoms with E-state index in [0.29, 0.717) is 11.5 Å². The largest absolute Gasteiger partial charge is 0.340 e. The quantitative estimate of drug-likeness (QED) is 0.901. The number of aromatic nitrogens is 2. The van der Waals surface area contributed by atoms with Crippen LogP contribution in [0.2, 0.25) is 0 Å². The fourth-order valence-electron chi connectivity index (χ4n) is 6.98. The molecule has 4 nitrogen and oxygen atoms in total. The van der Waals surface area contributed by atoms with Crippen molar-refractivity contribution in [3.8, 4) is 0 Å². The second-order valence-electron chi connectivity index (χ2n) is 9.73. The van der Waals surface area contributed by atoms with Crippen molar-refractivity contribution in [3.63, 3.8) is 0 Å². The molecule has 1 heterocycles. The van der Waals surface area contributed by atoms with Gasteiger partial charge in [0.05, 0.1) is 17.1 Å². The maximum absolute atomic E-state index is 12.1. The minimum Gasteiger partial charge on any atom is -0.340 e. The Morgan fingerprint density at radius 2 is 1.62 bits per heavy atom. The fraction of sp³-hybridized carbons (Fsp3) is 0.682. The summed E-state index contributed by atoms with van der Waals surface area (Å²) in [7, 11) is 3.72. The molecule has 4 aliphatic carbocycles. The molecular weight excluding hydrogens is 322 g/mol. The molecular formula is C22H32N3O+. The van der Waals surface area contributed by atoms with Crippen molar-refractivity contribution in [2.75, 3.05) is 0 Å². The van der Waals surface area contributed by atoms with Crippen LogP contribution in [0.25, 0.3) is 11.0 Å². The van der Waals surface area contributed by atoms with Gasteiger partial charge in [-0.05, 0) is 75.3 Å². The highest BCUT2D eigenvalue weighted by Crippen LogP contribution is 2.60. The van der Waals surface area contributed by atoms with E-state index in [0.717, 1.165) is 35.3 Å². The van der Waals surface area contributed by atoms with E-state index < -0.39 is 0 Å². The van der Waals surface area contributed by atoms with E-state index in [9.17, 15) is 4.79 Å². The normalized spacial score (nSPS) is 33.9. The molecule has 4 heteroatoms. The lowest BCUT2D eigenvalue weighted by atomic mass is 9.48. The summed E-state index contributed by atoms with van der Waals surface area (Å²) in [4.78, 5) is 12.1. The number of nitrogens with zero attached hydrogens (tertiary/aromatic N) is 2. The van der Waals surface area contributed by atoms with Gasteiger partial charge in [-0.25, -0.2) is 4.79 Å². The Balaban J connectivity index is 1.34. The first-order valence-electron chi connectivity index (χ1n) is 10.4. The molecule has 1 aromatic heterocycles. The zero-order chi connectivity index (χ0) is 18.1. The second kappa shape index (κ2) is 5.72. The fourth-order valence-corrected chi connectivity index (χ4v) is 6.98. The number of imidazole rings is 1. The average Bonchev–Trinajstić information content (AvgIpc) is 2.82. The Kier molecular flexibility index (Phi) is 3.66. The van der Waals surface area contributed by atoms with Gasteiger partial charge in [-0.15, -0.1) is 0 Å². The molecule has 0 aliphatic heterocycles. The van der Waals surface area contributed by atoms with Crippen LogP contribution >= 0.6 is 0 Å². The van der Waals surface area contributed by atoms with E-state index in [1.165, 1.54) is 44.1 Å². The lowest BCUT2D eigenvalue weighted by Crippen LogP contribution is -2.91. The minimum absolute atomic E-state index is 0.0584. The molecule has 0 spiro atoms. The Labute approximate surface area is 155 Å². The average molecular weight is 355 g/mol. The molecule has 1 atom stereocenters. The summed E-state index contributed by atoms with van der Waals surface area (Å²) in [6, 6.07) is 7.21. The Morgan fingerprint density at radius 3 is 2.23 bits per heavy atom. The highest BCUT2D eigenvalue weighted by molar-refractivity contribution is 5.76. The molecule has 1 aromatic carbocycles. The predicted octanol–water partition coefficient (Wildman–Crippen LogP) is 2.55. The van der Waals surface area contributed by atoms with Crippen LogP contribution in [-0.2, 0) is 20.6 Å². The molecule has 2 N–H and O–H groups in total. The van der Waals surface area contributed by atoms with Gasteiger partial charge in [-0.3, -0.25) is 9.13 Å². The van der Waals surface area contributed by atoms with Gasteiger partial charge in [-0.1, -0.05) is 6.07 Å². The minimum atomic E-state index is 0.0584. The number of aryl methyl sites for hydroxylation is 2. The van der Waals surface area contributed by atoms with Gasteiger partial charge in [0, 0.05) is 25.1 Å². The van der Waals surface area contributed by atoms with Gasteiger partial charge < -0.3 is 5.32 Å². The number of rotatable bonds is 4. The van der Waals surface area contributed by atoms with Crippen LogP contribution in [0.3, 0.4) is 0 Å². The van der Waals surface area contributed by atoms with Crippen molar-refractivity contribution in [1.29, 1.82) is 0 Å². The summed E-state index contributed by atoms with van der Waals surface area (Å²) in [5.74, 6) is 3.06. The summed E-state index contributed by atoms with van der Waals surface area (Å²) in [6.07, 6.45) is 8.98. The van der Waals surface area contributed by atoms with Crippen molar-refractivity contribution in [3.05, 3.63) is 34.2 Å². The van der Waals surface area contributed by atoms with Crippen molar-refractivity contribution in [1.82, 2.24) is 9.13 Å². The standard InChI is InChI=1S/C22H31N3O/c1-14(22-10-16-6-17(11-22)8-18(7-16)12-22)23-13-15-4-5-19-20(9-15)25(3)21(26)24(19)2/h4-5,9,14,16-18,23H,6-8,10-13H2,1-3H3/p+1/t14-,16?,17?,18?,22?/m1/s1. The van der Waals surface area contributed by atoms with E-state index in [2.05, 4.69) is 30.4 Å². The third-order valence-corrected chi connectivity index (χ3v) is 8.10. The van der Waals surface area contributed by atoms with Crippen LogP contribution in [0.5, 0.6) is 0 Å². The molecule has 0 radical (unpaired) electrons. The smallest absolute Gasteiger partial charge is 0.328 e. The molecule has 0 unspecified atom stereocenters. The van der Waals surface area contributed by atoms with E-state index in [1.807, 2.05) is 14.1 Å². The Bertz CT molecular complexity index is 871. The first-order valence-corrected chi connectivity index (χ1v) is 10.4. The molecule has 140 valence electrons. The summed E-state index contributed by atoms with van der Waals surface area (Å²) < 4.78 is 3.50. The molecule has 2 aromatic rings. The topological polar surface area (TPSA) is 43.5 Å². The molecule has 4 saturated carbocycles. The van der Waals surface area contributed by atoms with Crippen LogP contribution in [-0.4, -0.2) is 15.2 Å². The lowest BCUT2D eigenvalue weighted by molar-refractivity contribution is -0.717. The third kappa shape index (κ3) is 2.41. The zero-order valence-electron chi connectivity index (χ0n) is 16.4. The molecule has 4 fully saturated rings. The molecule has 4 aliphatic rings. The number of fused-ring (bicyclic) bond motifs is 1. The van der Waals surface area contributed by atoms with Gasteiger partial charge in [0.1, 0.15) is 6.54 Å². The molecule has 0 amide bonds. The predicted molar refractivity (Wildman–Crippen MR) is 104 cm³/mol. The Hall–Kier alpha value is -1.55. The van der Waals surface area contributed by atoms with E-state index >= 15 is 0 Å². The van der Waals surface area contributed by atoms with E-state index in [1.54, 1.807) is 9.13 Å². The van der Waals surface area contributed by atoms with Gasteiger partial charge in [0.2, 0.25) is 0 Å². The van der Waals surface area contributed by atoms with Crippen molar-refractivity contribution in [2.24, 2.45) is 37.3 Å². The number of nitrogens with two attached hydrogens (primary N) is 1. The number of benzene rings is 1. The monoisotopic (exact) mass is 354 g/mol. The first-order chi connectivity index (χ1) is 12.4. The van der Waals surface area contributed by atoms with E-state index in [4.69, 9.17) is 0 Å². The molecule has 26 heavy (non-hydrogen) atoms. The summed E-state index contributed by atoms with van der Waals surface area (Å²) in [5, 5.41) is 2.58. The van der Waals surface area contributed by atoms with Crippen molar-refractivity contribution >= 4 is 11.0 Å². The molecule has 0 saturated heterocycles. The van der Waals surface area contributed by atoms with Gasteiger partial charge in [-0.2, -0.15) is 0 Å². The number of quaternary nitrogens is 1. The van der Waals surface area contributed by atoms with Crippen LogP contribution in [0, 0.1) is 23.2 Å². The van der Waals surface area contributed by atoms with Crippen LogP contribution in [0.4, 0.5) is 0 Å². The van der Waals surface area contributed by atoms with Gasteiger partial charge in [0.15, 0.2) is 0 Å². The van der Waals surface area contributed by atoms with Crippen LogP contribution < -0.4 is 11.0 Å².